The van der Waals surface area contributed by atoms with Crippen molar-refractivity contribution in [1.82, 2.24) is 0 Å². The fraction of sp³-hybridized carbons (Fsp3) is 0.211. The molecular formula is C38H26ClF6NO9S. The zero-order valence-corrected chi connectivity index (χ0v) is 30.1. The van der Waals surface area contributed by atoms with Crippen LogP contribution < -0.4 is 9.64 Å². The van der Waals surface area contributed by atoms with Gasteiger partial charge >= 0.3 is 30.3 Å². The number of halogens is 7. The number of carbonyl (C=O) groups is 4. The van der Waals surface area contributed by atoms with Gasteiger partial charge in [0.1, 0.15) is 29.8 Å². The number of benzene rings is 4. The van der Waals surface area contributed by atoms with E-state index in [9.17, 15) is 32.3 Å². The van der Waals surface area contributed by atoms with E-state index in [0.29, 0.717) is 0 Å². The fourth-order valence-corrected chi connectivity index (χ4v) is 7.31. The molecule has 6 rings (SSSR count). The Labute approximate surface area is 322 Å². The van der Waals surface area contributed by atoms with Crippen LogP contribution in [-0.2, 0) is 23.7 Å². The molecule has 0 amide bonds. The highest BCUT2D eigenvalue weighted by Crippen LogP contribution is 2.57. The van der Waals surface area contributed by atoms with Crippen molar-refractivity contribution < 1.29 is 69.2 Å². The Morgan fingerprint density at radius 1 is 0.732 bits per heavy atom. The fourth-order valence-electron chi connectivity index (χ4n) is 5.86. The van der Waals surface area contributed by atoms with Gasteiger partial charge < -0.3 is 28.6 Å². The lowest BCUT2D eigenvalue weighted by molar-refractivity contribution is -0.166. The summed E-state index contributed by atoms with van der Waals surface area (Å²) in [6.07, 6.45) is -19.7. The molecule has 0 saturated carbocycles. The van der Waals surface area contributed by atoms with E-state index in [4.69, 9.17) is 35.3 Å². The van der Waals surface area contributed by atoms with Crippen LogP contribution in [0.25, 0.3) is 0 Å². The van der Waals surface area contributed by atoms with Gasteiger partial charge in [-0.05, 0) is 48.5 Å². The summed E-state index contributed by atoms with van der Waals surface area (Å²) < 4.78 is 117. The highest BCUT2D eigenvalue weighted by molar-refractivity contribution is 8.04. The molecule has 0 unspecified atom stereocenters. The van der Waals surface area contributed by atoms with Crippen molar-refractivity contribution in [3.8, 4) is 5.75 Å². The van der Waals surface area contributed by atoms with Gasteiger partial charge in [-0.1, -0.05) is 78.0 Å². The first-order valence-electron chi connectivity index (χ1n) is 16.3. The Morgan fingerprint density at radius 2 is 1.23 bits per heavy atom. The Kier molecular flexibility index (Phi) is 11.7. The van der Waals surface area contributed by atoms with Gasteiger partial charge in [-0.2, -0.15) is 26.3 Å². The van der Waals surface area contributed by atoms with Crippen LogP contribution in [0, 0.1) is 0 Å². The van der Waals surface area contributed by atoms with E-state index in [1.165, 1.54) is 72.8 Å². The van der Waals surface area contributed by atoms with E-state index in [1.807, 2.05) is 0 Å². The molecule has 2 aliphatic heterocycles. The van der Waals surface area contributed by atoms with Gasteiger partial charge in [-0.25, -0.2) is 14.4 Å². The van der Waals surface area contributed by atoms with E-state index in [2.05, 4.69) is 0 Å². The second-order valence-corrected chi connectivity index (χ2v) is 13.3. The maximum atomic E-state index is 15.4. The zero-order valence-electron chi connectivity index (χ0n) is 28.5. The number of hydrogen-bond donors (Lipinski definition) is 0. The molecule has 292 valence electrons. The number of fused-ring (bicyclic) bond motifs is 1. The number of nitrogens with zero attached hydrogens (tertiary/aromatic N) is 1. The molecule has 2 heterocycles. The molecule has 0 aromatic heterocycles. The molecule has 1 fully saturated rings. The number of thioether (sulfide) groups is 1. The second kappa shape index (κ2) is 16.3. The van der Waals surface area contributed by atoms with Crippen LogP contribution in [0.5, 0.6) is 5.75 Å². The summed E-state index contributed by atoms with van der Waals surface area (Å²) in [4.78, 5) is 51.0. The number of Topliss-reactive ketones (excluding diaryl/α,β-unsaturated/α-hetero) is 1. The van der Waals surface area contributed by atoms with Gasteiger partial charge in [0.25, 0.3) is 5.78 Å². The van der Waals surface area contributed by atoms with Crippen LogP contribution in [0.15, 0.2) is 119 Å². The molecule has 0 bridgehead atoms. The van der Waals surface area contributed by atoms with E-state index in [-0.39, 0.29) is 44.1 Å². The third-order valence-corrected chi connectivity index (χ3v) is 9.96. The van der Waals surface area contributed by atoms with Crippen LogP contribution in [0.4, 0.5) is 32.0 Å². The average molecular weight is 822 g/mol. The van der Waals surface area contributed by atoms with Crippen LogP contribution >= 0.6 is 23.4 Å². The Balaban J connectivity index is 1.56. The lowest BCUT2D eigenvalue weighted by Crippen LogP contribution is -2.51. The van der Waals surface area contributed by atoms with Crippen LogP contribution in [0.3, 0.4) is 0 Å². The number of allylic oxidation sites excluding steroid dienone is 2. The van der Waals surface area contributed by atoms with E-state index in [0.717, 1.165) is 19.2 Å². The standard InChI is InChI=1S/C38H26ClF6NO9S/c1-51-24-18-17-23(39)29-26(24)46(31(37(40,41)42)30(56-29)32(47)38(43,44)45)33-28(55-36(50)22-15-9-4-10-16-22)27(54-35(49)21-13-7-3-8-14-21)25(53-33)19-52-34(48)20-11-5-2-6-12-20/h2-18,25,27-28,33H,19H2,1H3/t25-,27-,28-,33-/m1/s1. The largest absolute Gasteiger partial charge is 0.495 e. The summed E-state index contributed by atoms with van der Waals surface area (Å²) in [5.41, 5.74) is -2.96. The minimum Gasteiger partial charge on any atom is -0.495 e. The maximum Gasteiger partial charge on any atom is 0.455 e. The second-order valence-electron chi connectivity index (χ2n) is 11.9. The first kappa shape index (κ1) is 40.2. The molecule has 0 radical (unpaired) electrons. The van der Waals surface area contributed by atoms with E-state index < -0.39 is 88.4 Å². The molecule has 1 saturated heterocycles. The summed E-state index contributed by atoms with van der Waals surface area (Å²) in [7, 11) is 1.05. The predicted molar refractivity (Wildman–Crippen MR) is 187 cm³/mol. The number of carbonyl (C=O) groups excluding carboxylic acids is 4. The number of anilines is 1. The minimum atomic E-state index is -5.81. The van der Waals surface area contributed by atoms with Crippen molar-refractivity contribution >= 4 is 52.7 Å². The predicted octanol–water partition coefficient (Wildman–Crippen LogP) is 8.20. The van der Waals surface area contributed by atoms with Gasteiger partial charge in [-0.3, -0.25) is 4.79 Å². The number of esters is 3. The smallest absolute Gasteiger partial charge is 0.455 e. The van der Waals surface area contributed by atoms with E-state index >= 15 is 13.2 Å². The first-order valence-corrected chi connectivity index (χ1v) is 17.5. The van der Waals surface area contributed by atoms with Crippen LogP contribution in [0.2, 0.25) is 5.02 Å². The Morgan fingerprint density at radius 3 is 1.71 bits per heavy atom. The monoisotopic (exact) mass is 821 g/mol. The van der Waals surface area contributed by atoms with Crippen molar-refractivity contribution in [1.29, 1.82) is 0 Å². The first-order chi connectivity index (χ1) is 26.6. The van der Waals surface area contributed by atoms with Crippen molar-refractivity contribution in [2.45, 2.75) is 41.8 Å². The zero-order chi connectivity index (χ0) is 40.4. The number of alkyl halides is 6. The summed E-state index contributed by atoms with van der Waals surface area (Å²) in [6.45, 7) is -0.849. The van der Waals surface area contributed by atoms with Crippen molar-refractivity contribution in [3.63, 3.8) is 0 Å². The topological polar surface area (TPSA) is 118 Å². The summed E-state index contributed by atoms with van der Waals surface area (Å²) >= 11 is 6.17. The Hall–Kier alpha value is -5.52. The van der Waals surface area contributed by atoms with Crippen LogP contribution in [-0.4, -0.2) is 74.3 Å². The van der Waals surface area contributed by atoms with Gasteiger partial charge in [0.2, 0.25) is 0 Å². The van der Waals surface area contributed by atoms with Crippen molar-refractivity contribution in [2.75, 3.05) is 18.6 Å². The number of ether oxygens (including phenoxy) is 5. The van der Waals surface area contributed by atoms with Gasteiger partial charge in [-0.15, -0.1) is 0 Å². The molecule has 10 nitrogen and oxygen atoms in total. The van der Waals surface area contributed by atoms with Crippen molar-refractivity contribution in [2.24, 2.45) is 0 Å². The molecule has 2 aliphatic rings. The summed E-state index contributed by atoms with van der Waals surface area (Å²) in [5.74, 6) is -6.47. The third-order valence-electron chi connectivity index (χ3n) is 8.33. The molecule has 4 aromatic carbocycles. The number of methoxy groups -OCH3 is 1. The van der Waals surface area contributed by atoms with E-state index in [1.54, 1.807) is 18.2 Å². The lowest BCUT2D eigenvalue weighted by Gasteiger charge is -2.41. The number of hydrogen-bond acceptors (Lipinski definition) is 11. The summed E-state index contributed by atoms with van der Waals surface area (Å²) in [5, 5.41) is -0.388. The van der Waals surface area contributed by atoms with Crippen molar-refractivity contribution in [3.05, 3.63) is 135 Å². The lowest BCUT2D eigenvalue weighted by atomic mass is 10.1. The van der Waals surface area contributed by atoms with Crippen LogP contribution in [0.1, 0.15) is 31.1 Å². The molecule has 0 spiro atoms. The van der Waals surface area contributed by atoms with Gasteiger partial charge in [0.15, 0.2) is 18.4 Å². The molecule has 56 heavy (non-hydrogen) atoms. The molecule has 0 aliphatic carbocycles. The highest BCUT2D eigenvalue weighted by Gasteiger charge is 2.60. The maximum absolute atomic E-state index is 15.4. The molecule has 4 atom stereocenters. The SMILES string of the molecule is COc1ccc(Cl)c2c1N([C@@H]1O[C@H](COC(=O)c3ccccc3)[C@@H](OC(=O)c3ccccc3)[C@H]1OC(=O)c1ccccc1)C(C(F)(F)F)=C(C(=O)C(F)(F)F)S2. The highest BCUT2D eigenvalue weighted by atomic mass is 35.5. The van der Waals surface area contributed by atoms with Gasteiger partial charge in [0.05, 0.1) is 38.6 Å². The molecular weight excluding hydrogens is 796 g/mol. The Bertz CT molecular complexity index is 2150. The number of rotatable bonds is 10. The third kappa shape index (κ3) is 8.34. The normalized spacial score (nSPS) is 19.5. The quantitative estimate of drug-likeness (QED) is 0.0876. The summed E-state index contributed by atoms with van der Waals surface area (Å²) in [6, 6.07) is 24.0. The molecule has 18 heteroatoms. The van der Waals surface area contributed by atoms with Gasteiger partial charge in [0, 0.05) is 0 Å². The minimum absolute atomic E-state index is 0.0471. The average Bonchev–Trinajstić information content (AvgIpc) is 3.51. The number of ketones is 1. The molecule has 0 N–H and O–H groups in total. The molecule has 4 aromatic rings.